The summed E-state index contributed by atoms with van der Waals surface area (Å²) in [5.74, 6) is 0.0409. The van der Waals surface area contributed by atoms with E-state index in [-0.39, 0.29) is 24.2 Å². The van der Waals surface area contributed by atoms with Gasteiger partial charge >= 0.3 is 0 Å². The molecule has 2 aromatic rings. The van der Waals surface area contributed by atoms with Crippen LogP contribution in [0.4, 0.5) is 5.69 Å². The van der Waals surface area contributed by atoms with Crippen molar-refractivity contribution in [3.05, 3.63) is 64.2 Å². The number of aryl methyl sites for hydroxylation is 1. The smallest absolute Gasteiger partial charge is 0.254 e. The Morgan fingerprint density at radius 3 is 2.22 bits per heavy atom. The average Bonchev–Trinajstić information content (AvgIpc) is 2.65. The minimum atomic E-state index is -0.0281. The highest BCUT2D eigenvalue weighted by molar-refractivity contribution is 6.30. The molecular formula is C20H23Cl2N3O2. The molecule has 0 spiro atoms. The van der Waals surface area contributed by atoms with E-state index in [4.69, 9.17) is 17.3 Å². The lowest BCUT2D eigenvalue weighted by Gasteiger charge is -2.35. The number of nitrogens with zero attached hydrogens (tertiary/aromatic N) is 2. The van der Waals surface area contributed by atoms with Crippen LogP contribution >= 0.6 is 24.0 Å². The molecule has 1 saturated heterocycles. The second kappa shape index (κ2) is 9.11. The minimum absolute atomic E-state index is 0. The van der Waals surface area contributed by atoms with E-state index < -0.39 is 0 Å². The Morgan fingerprint density at radius 2 is 1.59 bits per heavy atom. The monoisotopic (exact) mass is 407 g/mol. The van der Waals surface area contributed by atoms with Gasteiger partial charge in [-0.3, -0.25) is 9.59 Å². The lowest BCUT2D eigenvalue weighted by atomic mass is 10.1. The van der Waals surface area contributed by atoms with Crippen molar-refractivity contribution in [1.82, 2.24) is 9.80 Å². The molecule has 0 unspecified atom stereocenters. The van der Waals surface area contributed by atoms with Crippen LogP contribution in [-0.4, -0.2) is 47.8 Å². The Morgan fingerprint density at radius 1 is 1.00 bits per heavy atom. The van der Waals surface area contributed by atoms with Gasteiger partial charge in [-0.2, -0.15) is 0 Å². The summed E-state index contributed by atoms with van der Waals surface area (Å²) in [5, 5.41) is 0.658. The van der Waals surface area contributed by atoms with Gasteiger partial charge in [0.1, 0.15) is 0 Å². The van der Waals surface area contributed by atoms with Crippen LogP contribution in [0.5, 0.6) is 0 Å². The van der Waals surface area contributed by atoms with Crippen molar-refractivity contribution in [2.24, 2.45) is 0 Å². The summed E-state index contributed by atoms with van der Waals surface area (Å²) in [6, 6.07) is 12.7. The van der Waals surface area contributed by atoms with E-state index in [1.807, 2.05) is 30.0 Å². The SMILES string of the molecule is Cc1ccc(N)cc1C(=O)N1CCN(C(=O)Cc2ccc(Cl)cc2)CC1.Cl. The van der Waals surface area contributed by atoms with E-state index in [0.717, 1.165) is 11.1 Å². The summed E-state index contributed by atoms with van der Waals surface area (Å²) in [5.41, 5.74) is 8.86. The van der Waals surface area contributed by atoms with Gasteiger partial charge in [0.2, 0.25) is 5.91 Å². The molecule has 0 atom stereocenters. The van der Waals surface area contributed by atoms with E-state index in [2.05, 4.69) is 0 Å². The van der Waals surface area contributed by atoms with Crippen LogP contribution in [0.3, 0.4) is 0 Å². The maximum atomic E-state index is 12.7. The Labute approximate surface area is 170 Å². The third kappa shape index (κ3) is 5.15. The summed E-state index contributed by atoms with van der Waals surface area (Å²) in [6.07, 6.45) is 0.347. The van der Waals surface area contributed by atoms with E-state index >= 15 is 0 Å². The number of nitrogens with two attached hydrogens (primary N) is 1. The number of hydrogen-bond acceptors (Lipinski definition) is 3. The van der Waals surface area contributed by atoms with Crippen molar-refractivity contribution >= 4 is 41.5 Å². The third-order valence-electron chi connectivity index (χ3n) is 4.68. The fourth-order valence-electron chi connectivity index (χ4n) is 3.09. The van der Waals surface area contributed by atoms with Crippen molar-refractivity contribution in [2.75, 3.05) is 31.9 Å². The molecule has 0 aromatic heterocycles. The molecular weight excluding hydrogens is 385 g/mol. The molecule has 1 aliphatic heterocycles. The topological polar surface area (TPSA) is 66.6 Å². The van der Waals surface area contributed by atoms with Crippen molar-refractivity contribution in [1.29, 1.82) is 0 Å². The number of amides is 2. The summed E-state index contributed by atoms with van der Waals surface area (Å²) in [6.45, 7) is 4.04. The number of carbonyl (C=O) groups excluding carboxylic acids is 2. The first-order valence-electron chi connectivity index (χ1n) is 8.61. The molecule has 2 aromatic carbocycles. The van der Waals surface area contributed by atoms with Crippen LogP contribution in [0.15, 0.2) is 42.5 Å². The second-order valence-electron chi connectivity index (χ2n) is 6.55. The highest BCUT2D eigenvalue weighted by Gasteiger charge is 2.25. The zero-order valence-corrected chi connectivity index (χ0v) is 16.7. The molecule has 0 saturated carbocycles. The van der Waals surface area contributed by atoms with Gasteiger partial charge in [-0.25, -0.2) is 0 Å². The molecule has 0 bridgehead atoms. The predicted octanol–water partition coefficient (Wildman–Crippen LogP) is 3.18. The first-order valence-corrected chi connectivity index (χ1v) is 8.99. The lowest BCUT2D eigenvalue weighted by molar-refractivity contribution is -0.131. The normalized spacial score (nSPS) is 13.9. The predicted molar refractivity (Wildman–Crippen MR) is 110 cm³/mol. The molecule has 27 heavy (non-hydrogen) atoms. The van der Waals surface area contributed by atoms with Gasteiger partial charge in [-0.05, 0) is 42.3 Å². The van der Waals surface area contributed by atoms with Crippen molar-refractivity contribution in [3.63, 3.8) is 0 Å². The van der Waals surface area contributed by atoms with Crippen LogP contribution in [0.1, 0.15) is 21.5 Å². The van der Waals surface area contributed by atoms with E-state index in [1.54, 1.807) is 29.2 Å². The van der Waals surface area contributed by atoms with Gasteiger partial charge < -0.3 is 15.5 Å². The Hall–Kier alpha value is -2.24. The molecule has 2 N–H and O–H groups in total. The molecule has 0 aliphatic carbocycles. The van der Waals surface area contributed by atoms with Gasteiger partial charge in [0.25, 0.3) is 5.91 Å². The number of nitrogen functional groups attached to an aromatic ring is 1. The maximum absolute atomic E-state index is 12.7. The summed E-state index contributed by atoms with van der Waals surface area (Å²) in [7, 11) is 0. The van der Waals surface area contributed by atoms with Gasteiger partial charge in [0.15, 0.2) is 0 Å². The van der Waals surface area contributed by atoms with Gasteiger partial charge in [-0.1, -0.05) is 29.8 Å². The number of benzene rings is 2. The highest BCUT2D eigenvalue weighted by Crippen LogP contribution is 2.17. The fraction of sp³-hybridized carbons (Fsp3) is 0.300. The molecule has 3 rings (SSSR count). The van der Waals surface area contributed by atoms with E-state index in [1.165, 1.54) is 0 Å². The maximum Gasteiger partial charge on any atom is 0.254 e. The van der Waals surface area contributed by atoms with Gasteiger partial charge in [0, 0.05) is 42.5 Å². The Balaban J connectivity index is 0.00000261. The number of hydrogen-bond donors (Lipinski definition) is 1. The highest BCUT2D eigenvalue weighted by atomic mass is 35.5. The zero-order valence-electron chi connectivity index (χ0n) is 15.2. The number of anilines is 1. The second-order valence-corrected chi connectivity index (χ2v) is 6.99. The lowest BCUT2D eigenvalue weighted by Crippen LogP contribution is -2.51. The molecule has 0 radical (unpaired) electrons. The molecule has 5 nitrogen and oxygen atoms in total. The molecule has 2 amide bonds. The molecule has 144 valence electrons. The molecule has 1 aliphatic rings. The number of carbonyl (C=O) groups is 2. The Bertz CT molecular complexity index is 816. The minimum Gasteiger partial charge on any atom is -0.399 e. The van der Waals surface area contributed by atoms with Crippen LogP contribution in [0.2, 0.25) is 5.02 Å². The summed E-state index contributed by atoms with van der Waals surface area (Å²) < 4.78 is 0. The quantitative estimate of drug-likeness (QED) is 0.794. The number of piperazine rings is 1. The summed E-state index contributed by atoms with van der Waals surface area (Å²) in [4.78, 5) is 28.8. The number of rotatable bonds is 3. The molecule has 1 heterocycles. The van der Waals surface area contributed by atoms with Crippen LogP contribution in [0.25, 0.3) is 0 Å². The zero-order chi connectivity index (χ0) is 18.7. The third-order valence-corrected chi connectivity index (χ3v) is 4.93. The Kier molecular flexibility index (Phi) is 7.11. The van der Waals surface area contributed by atoms with Crippen molar-refractivity contribution in [2.45, 2.75) is 13.3 Å². The van der Waals surface area contributed by atoms with Crippen LogP contribution in [0, 0.1) is 6.92 Å². The fourth-order valence-corrected chi connectivity index (χ4v) is 3.21. The standard InChI is InChI=1S/C20H22ClN3O2.ClH/c1-14-2-7-17(22)13-18(14)20(26)24-10-8-23(9-11-24)19(25)12-15-3-5-16(21)6-4-15;/h2-7,13H,8-12,22H2,1H3;1H. The average molecular weight is 408 g/mol. The van der Waals surface area contributed by atoms with Crippen LogP contribution < -0.4 is 5.73 Å². The van der Waals surface area contributed by atoms with E-state index in [0.29, 0.717) is 48.9 Å². The number of halogens is 2. The van der Waals surface area contributed by atoms with Gasteiger partial charge in [-0.15, -0.1) is 12.4 Å². The summed E-state index contributed by atoms with van der Waals surface area (Å²) >= 11 is 5.87. The largest absolute Gasteiger partial charge is 0.399 e. The molecule has 1 fully saturated rings. The van der Waals surface area contributed by atoms with Gasteiger partial charge in [0.05, 0.1) is 6.42 Å². The van der Waals surface area contributed by atoms with Crippen LogP contribution in [-0.2, 0) is 11.2 Å². The van der Waals surface area contributed by atoms with Crippen molar-refractivity contribution in [3.8, 4) is 0 Å². The first-order chi connectivity index (χ1) is 12.4. The first kappa shape index (κ1) is 21.1. The van der Waals surface area contributed by atoms with Crippen molar-refractivity contribution < 1.29 is 9.59 Å². The molecule has 7 heteroatoms. The van der Waals surface area contributed by atoms with E-state index in [9.17, 15) is 9.59 Å².